The summed E-state index contributed by atoms with van der Waals surface area (Å²) in [6.45, 7) is 1.23. The summed E-state index contributed by atoms with van der Waals surface area (Å²) < 4.78 is 64.9. The molecule has 0 radical (unpaired) electrons. The number of aromatic nitrogens is 2. The molecule has 0 amide bonds. The minimum Gasteiger partial charge on any atom is -0.294 e. The van der Waals surface area contributed by atoms with Crippen molar-refractivity contribution < 1.29 is 21.6 Å². The molecular weight excluding hydrogens is 452 g/mol. The molecular formula is C18H13Cl2F3N2O3S. The number of rotatable bonds is 4. The van der Waals surface area contributed by atoms with Gasteiger partial charge in [-0.3, -0.25) is 9.36 Å². The highest BCUT2D eigenvalue weighted by atomic mass is 35.5. The maximum absolute atomic E-state index is 13.1. The molecule has 0 N–H and O–H groups in total. The molecule has 0 spiro atoms. The molecule has 0 aliphatic rings. The Morgan fingerprint density at radius 1 is 1.14 bits per heavy atom. The maximum atomic E-state index is 13.1. The quantitative estimate of drug-likeness (QED) is 0.567. The van der Waals surface area contributed by atoms with Crippen LogP contribution in [0.15, 0.2) is 46.3 Å². The molecule has 0 bridgehead atoms. The summed E-state index contributed by atoms with van der Waals surface area (Å²) in [5, 5.41) is -0.385. The molecule has 11 heteroatoms. The van der Waals surface area contributed by atoms with Crippen LogP contribution in [0.25, 0.3) is 10.9 Å². The van der Waals surface area contributed by atoms with Gasteiger partial charge in [-0.05, 0) is 35.9 Å². The molecule has 154 valence electrons. The second-order valence-electron chi connectivity index (χ2n) is 6.19. The van der Waals surface area contributed by atoms with Gasteiger partial charge < -0.3 is 0 Å². The zero-order valence-corrected chi connectivity index (χ0v) is 17.1. The van der Waals surface area contributed by atoms with Crippen LogP contribution in [0.1, 0.15) is 18.1 Å². The second kappa shape index (κ2) is 7.62. The summed E-state index contributed by atoms with van der Waals surface area (Å²) >= 11 is 11.8. The van der Waals surface area contributed by atoms with E-state index in [1.165, 1.54) is 25.1 Å². The smallest absolute Gasteiger partial charge is 0.294 e. The molecule has 0 unspecified atom stereocenters. The number of benzene rings is 2. The Labute approximate surface area is 173 Å². The van der Waals surface area contributed by atoms with E-state index in [4.69, 9.17) is 23.2 Å². The van der Waals surface area contributed by atoms with Crippen LogP contribution in [0.5, 0.6) is 0 Å². The fourth-order valence-electron chi connectivity index (χ4n) is 2.82. The third kappa shape index (κ3) is 4.26. The minimum atomic E-state index is -4.69. The number of alkyl halides is 3. The third-order valence-electron chi connectivity index (χ3n) is 4.29. The number of halogens is 5. The number of nitrogens with zero attached hydrogens (tertiary/aromatic N) is 2. The van der Waals surface area contributed by atoms with Crippen molar-refractivity contribution in [1.82, 2.24) is 9.55 Å². The molecule has 0 saturated heterocycles. The third-order valence-corrected chi connectivity index (χ3v) is 6.64. The lowest BCUT2D eigenvalue weighted by Gasteiger charge is -2.13. The molecule has 1 heterocycles. The number of fused-ring (bicyclic) bond motifs is 1. The lowest BCUT2D eigenvalue weighted by molar-refractivity contribution is -0.137. The van der Waals surface area contributed by atoms with Gasteiger partial charge in [0.15, 0.2) is 9.84 Å². The summed E-state index contributed by atoms with van der Waals surface area (Å²) in [5.41, 5.74) is -1.72. The Kier molecular flexibility index (Phi) is 5.68. The van der Waals surface area contributed by atoms with Crippen molar-refractivity contribution in [2.75, 3.05) is 5.75 Å². The van der Waals surface area contributed by atoms with E-state index in [0.717, 1.165) is 10.9 Å². The topological polar surface area (TPSA) is 69.0 Å². The molecule has 2 aromatic carbocycles. The van der Waals surface area contributed by atoms with Gasteiger partial charge in [0.1, 0.15) is 0 Å². The van der Waals surface area contributed by atoms with Crippen LogP contribution in [0.3, 0.4) is 0 Å². The first kappa shape index (κ1) is 21.6. The van der Waals surface area contributed by atoms with Crippen molar-refractivity contribution in [3.63, 3.8) is 0 Å². The molecule has 0 aliphatic heterocycles. The van der Waals surface area contributed by atoms with E-state index >= 15 is 0 Å². The Morgan fingerprint density at radius 3 is 2.45 bits per heavy atom. The Balaban J connectivity index is 2.20. The van der Waals surface area contributed by atoms with Gasteiger partial charge in [-0.15, -0.1) is 0 Å². The molecule has 1 aromatic heterocycles. The Morgan fingerprint density at radius 2 is 1.83 bits per heavy atom. The highest BCUT2D eigenvalue weighted by Gasteiger charge is 2.32. The SMILES string of the molecule is CCS(=O)(=O)c1ccc(Cl)cc1Cn1cnc2c(Cl)cc(C(F)(F)F)cc2c1=O. The van der Waals surface area contributed by atoms with Crippen molar-refractivity contribution in [1.29, 1.82) is 0 Å². The average molecular weight is 465 g/mol. The summed E-state index contributed by atoms with van der Waals surface area (Å²) in [7, 11) is -3.62. The number of hydrogen-bond donors (Lipinski definition) is 0. The highest BCUT2D eigenvalue weighted by molar-refractivity contribution is 7.91. The van der Waals surface area contributed by atoms with Crippen LogP contribution in [0.2, 0.25) is 10.0 Å². The van der Waals surface area contributed by atoms with Gasteiger partial charge >= 0.3 is 6.18 Å². The van der Waals surface area contributed by atoms with E-state index in [9.17, 15) is 26.4 Å². The number of hydrogen-bond acceptors (Lipinski definition) is 4. The van der Waals surface area contributed by atoms with Gasteiger partial charge in [0.25, 0.3) is 5.56 Å². The van der Waals surface area contributed by atoms with Crippen molar-refractivity contribution >= 4 is 43.9 Å². The predicted molar refractivity (Wildman–Crippen MR) is 104 cm³/mol. The van der Waals surface area contributed by atoms with E-state index in [-0.39, 0.29) is 43.7 Å². The van der Waals surface area contributed by atoms with Crippen LogP contribution in [-0.2, 0) is 22.6 Å². The normalized spacial score (nSPS) is 12.5. The lowest BCUT2D eigenvalue weighted by Crippen LogP contribution is -2.23. The van der Waals surface area contributed by atoms with Crippen LogP contribution in [-0.4, -0.2) is 23.7 Å². The first-order valence-electron chi connectivity index (χ1n) is 8.21. The van der Waals surface area contributed by atoms with Crippen LogP contribution >= 0.6 is 23.2 Å². The van der Waals surface area contributed by atoms with Crippen molar-refractivity contribution in [3.8, 4) is 0 Å². The fraction of sp³-hybridized carbons (Fsp3) is 0.222. The maximum Gasteiger partial charge on any atom is 0.416 e. The average Bonchev–Trinajstić information content (AvgIpc) is 2.63. The van der Waals surface area contributed by atoms with Crippen molar-refractivity contribution in [2.45, 2.75) is 24.5 Å². The van der Waals surface area contributed by atoms with Gasteiger partial charge in [-0.1, -0.05) is 30.1 Å². The Hall–Kier alpha value is -2.10. The Bertz CT molecular complexity index is 1270. The van der Waals surface area contributed by atoms with E-state index in [1.54, 1.807) is 0 Å². The molecule has 0 aliphatic carbocycles. The number of sulfone groups is 1. The van der Waals surface area contributed by atoms with E-state index in [2.05, 4.69) is 4.98 Å². The van der Waals surface area contributed by atoms with Gasteiger partial charge in [0.2, 0.25) is 0 Å². The van der Waals surface area contributed by atoms with Gasteiger partial charge in [-0.25, -0.2) is 13.4 Å². The first-order chi connectivity index (χ1) is 13.4. The lowest BCUT2D eigenvalue weighted by atomic mass is 10.1. The van der Waals surface area contributed by atoms with Crippen molar-refractivity contribution in [2.24, 2.45) is 0 Å². The van der Waals surface area contributed by atoms with Crippen molar-refractivity contribution in [3.05, 3.63) is 68.2 Å². The van der Waals surface area contributed by atoms with Crippen LogP contribution in [0, 0.1) is 0 Å². The molecule has 29 heavy (non-hydrogen) atoms. The molecule has 5 nitrogen and oxygen atoms in total. The minimum absolute atomic E-state index is 0.0153. The molecule has 3 aromatic rings. The molecule has 0 atom stereocenters. The standard InChI is InChI=1S/C18H13Cl2F3N2O3S/c1-2-29(27,28)15-4-3-12(19)5-10(15)8-25-9-24-16-13(17(25)26)6-11(7-14(16)20)18(21,22)23/h3-7,9H,2,8H2,1H3. The second-order valence-corrected chi connectivity index (χ2v) is 9.28. The monoisotopic (exact) mass is 464 g/mol. The van der Waals surface area contributed by atoms with Crippen LogP contribution < -0.4 is 5.56 Å². The zero-order chi connectivity index (χ0) is 21.6. The zero-order valence-electron chi connectivity index (χ0n) is 14.8. The molecule has 3 rings (SSSR count). The predicted octanol–water partition coefficient (Wildman–Crippen LogP) is 4.56. The summed E-state index contributed by atoms with van der Waals surface area (Å²) in [6.07, 6.45) is -3.59. The largest absolute Gasteiger partial charge is 0.416 e. The molecule has 0 fully saturated rings. The van der Waals surface area contributed by atoms with Gasteiger partial charge in [0, 0.05) is 5.02 Å². The fourth-order valence-corrected chi connectivity index (χ4v) is 4.39. The van der Waals surface area contributed by atoms with E-state index in [1.807, 2.05) is 0 Å². The van der Waals surface area contributed by atoms with E-state index in [0.29, 0.717) is 12.1 Å². The summed E-state index contributed by atoms with van der Waals surface area (Å²) in [5.74, 6) is -0.170. The highest BCUT2D eigenvalue weighted by Crippen LogP contribution is 2.33. The van der Waals surface area contributed by atoms with E-state index < -0.39 is 27.1 Å². The van der Waals surface area contributed by atoms with Gasteiger partial charge in [-0.2, -0.15) is 13.2 Å². The van der Waals surface area contributed by atoms with Crippen LogP contribution in [0.4, 0.5) is 13.2 Å². The summed E-state index contributed by atoms with van der Waals surface area (Å²) in [6, 6.07) is 5.50. The summed E-state index contributed by atoms with van der Waals surface area (Å²) in [4.78, 5) is 16.8. The van der Waals surface area contributed by atoms with Gasteiger partial charge in [0.05, 0.1) is 45.0 Å². The first-order valence-corrected chi connectivity index (χ1v) is 10.6. The molecule has 0 saturated carbocycles.